The molecule has 0 amide bonds. The third-order valence-corrected chi connectivity index (χ3v) is 4.28. The molecular formula is C18H17ClN2. The maximum atomic E-state index is 6.26. The fourth-order valence-electron chi connectivity index (χ4n) is 2.71. The number of rotatable bonds is 3. The van der Waals surface area contributed by atoms with E-state index in [1.807, 2.05) is 31.4 Å². The Morgan fingerprint density at radius 2 is 1.95 bits per heavy atom. The Bertz CT molecular complexity index is 783. The van der Waals surface area contributed by atoms with Gasteiger partial charge in [-0.05, 0) is 54.9 Å². The molecule has 0 aliphatic carbocycles. The van der Waals surface area contributed by atoms with Crippen LogP contribution in [0.3, 0.4) is 0 Å². The lowest BCUT2D eigenvalue weighted by atomic mass is 9.94. The Morgan fingerprint density at radius 3 is 2.76 bits per heavy atom. The molecule has 0 saturated heterocycles. The number of pyridine rings is 1. The summed E-state index contributed by atoms with van der Waals surface area (Å²) in [6.07, 6.45) is 1.82. The van der Waals surface area contributed by atoms with Crippen LogP contribution >= 0.6 is 11.6 Å². The van der Waals surface area contributed by atoms with E-state index in [-0.39, 0.29) is 6.04 Å². The first-order chi connectivity index (χ1) is 10.2. The van der Waals surface area contributed by atoms with Crippen molar-refractivity contribution in [2.75, 3.05) is 7.05 Å². The van der Waals surface area contributed by atoms with Gasteiger partial charge < -0.3 is 5.32 Å². The van der Waals surface area contributed by atoms with Gasteiger partial charge in [0.2, 0.25) is 0 Å². The van der Waals surface area contributed by atoms with Gasteiger partial charge in [-0.15, -0.1) is 0 Å². The second kappa shape index (κ2) is 5.84. The summed E-state index contributed by atoms with van der Waals surface area (Å²) in [6.45, 7) is 2.06. The largest absolute Gasteiger partial charge is 0.309 e. The quantitative estimate of drug-likeness (QED) is 0.769. The van der Waals surface area contributed by atoms with Crippen molar-refractivity contribution < 1.29 is 0 Å². The van der Waals surface area contributed by atoms with E-state index in [0.717, 1.165) is 21.5 Å². The van der Waals surface area contributed by atoms with Crippen molar-refractivity contribution in [2.24, 2.45) is 0 Å². The van der Waals surface area contributed by atoms with E-state index < -0.39 is 0 Å². The molecule has 2 nitrogen and oxygen atoms in total. The summed E-state index contributed by atoms with van der Waals surface area (Å²) in [6, 6.07) is 16.6. The Labute approximate surface area is 129 Å². The molecule has 1 unspecified atom stereocenters. The van der Waals surface area contributed by atoms with Crippen LogP contribution < -0.4 is 5.32 Å². The van der Waals surface area contributed by atoms with Crippen LogP contribution in [0.2, 0.25) is 5.02 Å². The van der Waals surface area contributed by atoms with Crippen molar-refractivity contribution in [1.82, 2.24) is 10.3 Å². The van der Waals surface area contributed by atoms with Crippen LogP contribution in [0.5, 0.6) is 0 Å². The molecule has 0 fully saturated rings. The third kappa shape index (κ3) is 2.65. The van der Waals surface area contributed by atoms with Gasteiger partial charge in [-0.2, -0.15) is 0 Å². The van der Waals surface area contributed by atoms with Crippen molar-refractivity contribution in [3.05, 3.63) is 76.4 Å². The molecule has 0 radical (unpaired) electrons. The Balaban J connectivity index is 2.11. The topological polar surface area (TPSA) is 24.9 Å². The van der Waals surface area contributed by atoms with Crippen LogP contribution in [0, 0.1) is 6.92 Å². The summed E-state index contributed by atoms with van der Waals surface area (Å²) in [5.74, 6) is 0. The van der Waals surface area contributed by atoms with E-state index in [0.29, 0.717) is 0 Å². The van der Waals surface area contributed by atoms with Crippen LogP contribution in [0.25, 0.3) is 10.9 Å². The first-order valence-electron chi connectivity index (χ1n) is 6.97. The lowest BCUT2D eigenvalue weighted by Gasteiger charge is -2.20. The SMILES string of the molecule is CNC(c1ccc2ncccc2c1)c1cccc(Cl)c1C. The Hall–Kier alpha value is -1.90. The first kappa shape index (κ1) is 14.1. The van der Waals surface area contributed by atoms with Gasteiger partial charge in [0.25, 0.3) is 0 Å². The molecule has 0 saturated carbocycles. The number of benzene rings is 2. The molecule has 3 rings (SSSR count). The van der Waals surface area contributed by atoms with Crippen molar-refractivity contribution in [3.8, 4) is 0 Å². The predicted molar refractivity (Wildman–Crippen MR) is 88.8 cm³/mol. The highest BCUT2D eigenvalue weighted by Crippen LogP contribution is 2.29. The second-order valence-electron chi connectivity index (χ2n) is 5.13. The van der Waals surface area contributed by atoms with E-state index in [1.54, 1.807) is 0 Å². The first-order valence-corrected chi connectivity index (χ1v) is 7.35. The summed E-state index contributed by atoms with van der Waals surface area (Å²) in [7, 11) is 1.97. The Morgan fingerprint density at radius 1 is 1.10 bits per heavy atom. The van der Waals surface area contributed by atoms with Gasteiger partial charge in [0.15, 0.2) is 0 Å². The zero-order valence-electron chi connectivity index (χ0n) is 12.1. The molecule has 0 spiro atoms. The average molecular weight is 297 g/mol. The molecule has 0 bridgehead atoms. The lowest BCUT2D eigenvalue weighted by Crippen LogP contribution is -2.18. The molecule has 1 atom stereocenters. The number of fused-ring (bicyclic) bond motifs is 1. The zero-order chi connectivity index (χ0) is 14.8. The smallest absolute Gasteiger partial charge is 0.0702 e. The molecular weight excluding hydrogens is 280 g/mol. The van der Waals surface area contributed by atoms with Crippen LogP contribution in [0.1, 0.15) is 22.7 Å². The van der Waals surface area contributed by atoms with Gasteiger partial charge in [-0.25, -0.2) is 0 Å². The highest BCUT2D eigenvalue weighted by atomic mass is 35.5. The van der Waals surface area contributed by atoms with E-state index >= 15 is 0 Å². The van der Waals surface area contributed by atoms with Crippen molar-refractivity contribution in [3.63, 3.8) is 0 Å². The molecule has 3 heteroatoms. The van der Waals surface area contributed by atoms with Crippen LogP contribution in [0.15, 0.2) is 54.7 Å². The molecule has 1 aromatic heterocycles. The van der Waals surface area contributed by atoms with Gasteiger partial charge in [-0.3, -0.25) is 4.98 Å². The van der Waals surface area contributed by atoms with E-state index in [1.165, 1.54) is 11.1 Å². The maximum Gasteiger partial charge on any atom is 0.0702 e. The van der Waals surface area contributed by atoms with E-state index in [2.05, 4.69) is 47.6 Å². The molecule has 1 N–H and O–H groups in total. The van der Waals surface area contributed by atoms with Gasteiger partial charge in [0.05, 0.1) is 11.6 Å². The molecule has 106 valence electrons. The minimum Gasteiger partial charge on any atom is -0.309 e. The Kier molecular flexibility index (Phi) is 3.91. The molecule has 2 aromatic carbocycles. The van der Waals surface area contributed by atoms with E-state index in [4.69, 9.17) is 11.6 Å². The monoisotopic (exact) mass is 296 g/mol. The van der Waals surface area contributed by atoms with E-state index in [9.17, 15) is 0 Å². The summed E-state index contributed by atoms with van der Waals surface area (Å²) < 4.78 is 0. The molecule has 1 heterocycles. The standard InChI is InChI=1S/C18H17ClN2/c1-12-15(6-3-7-16(12)19)18(20-2)14-8-9-17-13(11-14)5-4-10-21-17/h3-11,18,20H,1-2H3. The summed E-state index contributed by atoms with van der Waals surface area (Å²) in [5.41, 5.74) is 4.54. The second-order valence-corrected chi connectivity index (χ2v) is 5.54. The predicted octanol–water partition coefficient (Wildman–Crippen LogP) is 4.51. The minimum absolute atomic E-state index is 0.119. The average Bonchev–Trinajstić information content (AvgIpc) is 2.52. The number of hydrogen-bond donors (Lipinski definition) is 1. The molecule has 3 aromatic rings. The zero-order valence-corrected chi connectivity index (χ0v) is 12.9. The highest BCUT2D eigenvalue weighted by Gasteiger charge is 2.15. The number of nitrogens with one attached hydrogen (secondary N) is 1. The molecule has 21 heavy (non-hydrogen) atoms. The molecule has 0 aliphatic heterocycles. The van der Waals surface area contributed by atoms with Crippen molar-refractivity contribution in [1.29, 1.82) is 0 Å². The van der Waals surface area contributed by atoms with Crippen LogP contribution in [0.4, 0.5) is 0 Å². The third-order valence-electron chi connectivity index (χ3n) is 3.87. The normalized spacial score (nSPS) is 12.5. The summed E-state index contributed by atoms with van der Waals surface area (Å²) in [4.78, 5) is 4.37. The lowest BCUT2D eigenvalue weighted by molar-refractivity contribution is 0.688. The number of nitrogens with zero attached hydrogens (tertiary/aromatic N) is 1. The number of halogens is 1. The van der Waals surface area contributed by atoms with Gasteiger partial charge in [-0.1, -0.05) is 35.9 Å². The van der Waals surface area contributed by atoms with Crippen LogP contribution in [-0.4, -0.2) is 12.0 Å². The van der Waals surface area contributed by atoms with Crippen molar-refractivity contribution in [2.45, 2.75) is 13.0 Å². The fraction of sp³-hybridized carbons (Fsp3) is 0.167. The summed E-state index contributed by atoms with van der Waals surface area (Å²) >= 11 is 6.26. The summed E-state index contributed by atoms with van der Waals surface area (Å²) in [5, 5.41) is 5.34. The molecule has 0 aliphatic rings. The fourth-order valence-corrected chi connectivity index (χ4v) is 2.89. The van der Waals surface area contributed by atoms with Crippen LogP contribution in [-0.2, 0) is 0 Å². The van der Waals surface area contributed by atoms with Gasteiger partial charge >= 0.3 is 0 Å². The maximum absolute atomic E-state index is 6.26. The minimum atomic E-state index is 0.119. The number of hydrogen-bond acceptors (Lipinski definition) is 2. The van der Waals surface area contributed by atoms with Gasteiger partial charge in [0.1, 0.15) is 0 Å². The number of aromatic nitrogens is 1. The van der Waals surface area contributed by atoms with Gasteiger partial charge in [0, 0.05) is 16.6 Å². The van der Waals surface area contributed by atoms with Crippen molar-refractivity contribution >= 4 is 22.5 Å². The highest BCUT2D eigenvalue weighted by molar-refractivity contribution is 6.31.